The van der Waals surface area contributed by atoms with Gasteiger partial charge in [0.15, 0.2) is 0 Å². The summed E-state index contributed by atoms with van der Waals surface area (Å²) in [5, 5.41) is 1.03. The lowest BCUT2D eigenvalue weighted by atomic mass is 10.1. The van der Waals surface area contributed by atoms with Crippen LogP contribution in [0.2, 0.25) is 0 Å². The number of hydrogen-bond donors (Lipinski definition) is 0. The first-order valence-electron chi connectivity index (χ1n) is 8.10. The number of para-hydroxylation sites is 1. The summed E-state index contributed by atoms with van der Waals surface area (Å²) < 4.78 is 10.7. The summed E-state index contributed by atoms with van der Waals surface area (Å²) in [6.45, 7) is 2.53. The van der Waals surface area contributed by atoms with Crippen LogP contribution >= 0.6 is 0 Å². The van der Waals surface area contributed by atoms with Crippen molar-refractivity contribution in [3.05, 3.63) is 78.0 Å². The summed E-state index contributed by atoms with van der Waals surface area (Å²) in [4.78, 5) is 16.2. The molecule has 0 N–H and O–H groups in total. The second-order valence-electron chi connectivity index (χ2n) is 5.58. The minimum absolute atomic E-state index is 0.199. The van der Waals surface area contributed by atoms with Gasteiger partial charge in [0.2, 0.25) is 0 Å². The maximum Gasteiger partial charge on any atom is 0.330 e. The molecule has 0 aliphatic heterocycles. The van der Waals surface area contributed by atoms with E-state index in [1.54, 1.807) is 12.3 Å². The van der Waals surface area contributed by atoms with E-state index in [1.165, 1.54) is 11.6 Å². The lowest BCUT2D eigenvalue weighted by Crippen LogP contribution is -2.10. The number of carbonyl (C=O) groups is 1. The van der Waals surface area contributed by atoms with Gasteiger partial charge in [-0.3, -0.25) is 4.98 Å². The molecule has 0 spiro atoms. The van der Waals surface area contributed by atoms with Crippen molar-refractivity contribution in [1.29, 1.82) is 0 Å². The summed E-state index contributed by atoms with van der Waals surface area (Å²) in [5.41, 5.74) is 2.91. The number of pyridine rings is 1. The van der Waals surface area contributed by atoms with Gasteiger partial charge in [0.25, 0.3) is 0 Å². The first-order valence-corrected chi connectivity index (χ1v) is 8.10. The monoisotopic (exact) mass is 333 g/mol. The number of fused-ring (bicyclic) bond motifs is 1. The number of ether oxygens (including phenoxy) is 2. The van der Waals surface area contributed by atoms with Crippen LogP contribution in [0, 0.1) is 6.92 Å². The lowest BCUT2D eigenvalue weighted by Gasteiger charge is -2.06. The van der Waals surface area contributed by atoms with Gasteiger partial charge in [0, 0.05) is 23.2 Å². The molecule has 4 heteroatoms. The van der Waals surface area contributed by atoms with Crippen LogP contribution in [0.3, 0.4) is 0 Å². The number of rotatable bonds is 6. The number of nitrogens with zero attached hydrogens (tertiary/aromatic N) is 1. The van der Waals surface area contributed by atoms with Crippen molar-refractivity contribution >= 4 is 22.9 Å². The molecule has 0 amide bonds. The Morgan fingerprint density at radius 1 is 1.04 bits per heavy atom. The molecule has 0 aliphatic rings. The van der Waals surface area contributed by atoms with Gasteiger partial charge in [-0.2, -0.15) is 0 Å². The quantitative estimate of drug-likeness (QED) is 0.386. The summed E-state index contributed by atoms with van der Waals surface area (Å²) in [7, 11) is 0. The van der Waals surface area contributed by atoms with Crippen LogP contribution in [0.4, 0.5) is 0 Å². The van der Waals surface area contributed by atoms with Crippen LogP contribution in [0.1, 0.15) is 11.1 Å². The van der Waals surface area contributed by atoms with E-state index >= 15 is 0 Å². The van der Waals surface area contributed by atoms with Gasteiger partial charge in [0.1, 0.15) is 19.0 Å². The van der Waals surface area contributed by atoms with E-state index in [-0.39, 0.29) is 6.61 Å². The molecular weight excluding hydrogens is 314 g/mol. The third kappa shape index (κ3) is 4.67. The normalized spacial score (nSPS) is 10.9. The molecule has 0 atom stereocenters. The average molecular weight is 333 g/mol. The minimum Gasteiger partial charge on any atom is -0.490 e. The molecular formula is C21H19NO3. The van der Waals surface area contributed by atoms with Crippen molar-refractivity contribution in [3.63, 3.8) is 0 Å². The van der Waals surface area contributed by atoms with Crippen molar-refractivity contribution in [3.8, 4) is 5.75 Å². The van der Waals surface area contributed by atoms with E-state index in [4.69, 9.17) is 9.47 Å². The smallest absolute Gasteiger partial charge is 0.330 e. The van der Waals surface area contributed by atoms with E-state index in [9.17, 15) is 4.79 Å². The standard InChI is InChI=1S/C21H19NO3/c1-16-7-10-19(11-8-16)24-14-15-25-20(23)12-9-18-5-2-4-17-6-3-13-22-21(17)18/h2-13H,14-15H2,1H3/b12-9+. The van der Waals surface area contributed by atoms with E-state index in [0.717, 1.165) is 22.2 Å². The van der Waals surface area contributed by atoms with Crippen molar-refractivity contribution in [2.45, 2.75) is 6.92 Å². The zero-order valence-electron chi connectivity index (χ0n) is 14.0. The summed E-state index contributed by atoms with van der Waals surface area (Å²) >= 11 is 0. The fourth-order valence-corrected chi connectivity index (χ4v) is 2.40. The molecule has 0 unspecified atom stereocenters. The van der Waals surface area contributed by atoms with Gasteiger partial charge in [-0.15, -0.1) is 0 Å². The molecule has 2 aromatic carbocycles. The van der Waals surface area contributed by atoms with Crippen molar-refractivity contribution in [2.24, 2.45) is 0 Å². The van der Waals surface area contributed by atoms with Gasteiger partial charge < -0.3 is 9.47 Å². The molecule has 0 radical (unpaired) electrons. The molecule has 3 rings (SSSR count). The fraction of sp³-hybridized carbons (Fsp3) is 0.143. The molecule has 1 aromatic heterocycles. The molecule has 0 bridgehead atoms. The van der Waals surface area contributed by atoms with Crippen LogP contribution in [-0.2, 0) is 9.53 Å². The van der Waals surface area contributed by atoms with E-state index < -0.39 is 5.97 Å². The predicted molar refractivity (Wildman–Crippen MR) is 98.4 cm³/mol. The number of hydrogen-bond acceptors (Lipinski definition) is 4. The number of aromatic nitrogens is 1. The van der Waals surface area contributed by atoms with Gasteiger partial charge in [-0.1, -0.05) is 42.0 Å². The third-order valence-electron chi connectivity index (χ3n) is 3.68. The first kappa shape index (κ1) is 16.7. The Hall–Kier alpha value is -3.14. The number of aryl methyl sites for hydroxylation is 1. The van der Waals surface area contributed by atoms with Crippen LogP contribution in [0.25, 0.3) is 17.0 Å². The highest BCUT2D eigenvalue weighted by atomic mass is 16.6. The second kappa shape index (κ2) is 8.11. The maximum atomic E-state index is 11.8. The summed E-state index contributed by atoms with van der Waals surface area (Å²) in [6.07, 6.45) is 4.87. The zero-order chi connectivity index (χ0) is 17.5. The Balaban J connectivity index is 1.50. The lowest BCUT2D eigenvalue weighted by molar-refractivity contribution is -0.138. The largest absolute Gasteiger partial charge is 0.490 e. The Bertz CT molecular complexity index is 880. The molecule has 25 heavy (non-hydrogen) atoms. The van der Waals surface area contributed by atoms with Crippen molar-refractivity contribution in [1.82, 2.24) is 4.98 Å². The molecule has 4 nitrogen and oxygen atoms in total. The Kier molecular flexibility index (Phi) is 5.42. The molecule has 0 saturated carbocycles. The van der Waals surface area contributed by atoms with Crippen LogP contribution in [0.15, 0.2) is 66.9 Å². The van der Waals surface area contributed by atoms with E-state index in [2.05, 4.69) is 4.98 Å². The molecule has 0 fully saturated rings. The summed E-state index contributed by atoms with van der Waals surface area (Å²) in [6, 6.07) is 17.4. The third-order valence-corrected chi connectivity index (χ3v) is 3.68. The minimum atomic E-state index is -0.402. The molecule has 0 aliphatic carbocycles. The average Bonchev–Trinajstić information content (AvgIpc) is 2.65. The topological polar surface area (TPSA) is 48.4 Å². The highest BCUT2D eigenvalue weighted by Crippen LogP contribution is 2.17. The SMILES string of the molecule is Cc1ccc(OCCOC(=O)/C=C/c2cccc3cccnc23)cc1. The Morgan fingerprint density at radius 2 is 1.84 bits per heavy atom. The van der Waals surface area contributed by atoms with Crippen molar-refractivity contribution < 1.29 is 14.3 Å². The first-order chi connectivity index (χ1) is 12.2. The zero-order valence-corrected chi connectivity index (χ0v) is 14.0. The van der Waals surface area contributed by atoms with E-state index in [1.807, 2.05) is 61.5 Å². The number of esters is 1. The summed E-state index contributed by atoms with van der Waals surface area (Å²) in [5.74, 6) is 0.361. The van der Waals surface area contributed by atoms with Crippen LogP contribution in [0.5, 0.6) is 5.75 Å². The number of benzene rings is 2. The van der Waals surface area contributed by atoms with Crippen LogP contribution < -0.4 is 4.74 Å². The van der Waals surface area contributed by atoms with Gasteiger partial charge in [-0.05, 0) is 31.2 Å². The van der Waals surface area contributed by atoms with Crippen LogP contribution in [-0.4, -0.2) is 24.2 Å². The Morgan fingerprint density at radius 3 is 2.68 bits per heavy atom. The highest BCUT2D eigenvalue weighted by molar-refractivity contribution is 5.92. The van der Waals surface area contributed by atoms with Gasteiger partial charge >= 0.3 is 5.97 Å². The number of carbonyl (C=O) groups excluding carboxylic acids is 1. The van der Waals surface area contributed by atoms with Gasteiger partial charge in [0.05, 0.1) is 5.52 Å². The molecule has 3 aromatic rings. The second-order valence-corrected chi connectivity index (χ2v) is 5.58. The van der Waals surface area contributed by atoms with Gasteiger partial charge in [-0.25, -0.2) is 4.79 Å². The fourth-order valence-electron chi connectivity index (χ4n) is 2.40. The van der Waals surface area contributed by atoms with Crippen molar-refractivity contribution in [2.75, 3.05) is 13.2 Å². The highest BCUT2D eigenvalue weighted by Gasteiger charge is 2.01. The van der Waals surface area contributed by atoms with E-state index in [0.29, 0.717) is 6.61 Å². The maximum absolute atomic E-state index is 11.8. The predicted octanol–water partition coefficient (Wildman–Crippen LogP) is 4.18. The molecule has 1 heterocycles. The molecule has 126 valence electrons. The Labute approximate surface area is 146 Å². The molecule has 0 saturated heterocycles.